The van der Waals surface area contributed by atoms with Gasteiger partial charge in [-0.25, -0.2) is 0 Å². The van der Waals surface area contributed by atoms with E-state index in [0.717, 1.165) is 36.3 Å². The Kier molecular flexibility index (Phi) is 6.59. The fraction of sp³-hybridized carbons (Fsp3) is 0.233. The molecule has 0 spiro atoms. The number of ether oxygens (including phenoxy) is 1. The molecule has 0 bridgehead atoms. The summed E-state index contributed by atoms with van der Waals surface area (Å²) in [5.41, 5.74) is 3.41. The standard InChI is InChI=1S/C30H29NO3/c32-30(33)27-13-7-17-31(20-27)29(26-16-15-23-10-4-5-11-24(23)18-26)25-12-6-14-28(19-25)34-21-22-8-2-1-3-9-22/h1-6,8-12,14-16,18-19,27,29H,7,13,17,20-21H2,(H,32,33). The highest BCUT2D eigenvalue weighted by atomic mass is 16.5. The maximum absolute atomic E-state index is 11.8. The molecular weight excluding hydrogens is 422 g/mol. The molecule has 0 aromatic heterocycles. The molecule has 5 rings (SSSR count). The van der Waals surface area contributed by atoms with E-state index in [1.165, 1.54) is 16.3 Å². The summed E-state index contributed by atoms with van der Waals surface area (Å²) in [5.74, 6) is -0.227. The largest absolute Gasteiger partial charge is 0.489 e. The third kappa shape index (κ3) is 4.97. The molecular formula is C30H29NO3. The Hall–Kier alpha value is -3.63. The van der Waals surface area contributed by atoms with Crippen LogP contribution in [0.5, 0.6) is 5.75 Å². The first-order valence-corrected chi connectivity index (χ1v) is 11.9. The van der Waals surface area contributed by atoms with Gasteiger partial charge in [-0.3, -0.25) is 9.69 Å². The van der Waals surface area contributed by atoms with Gasteiger partial charge in [0.2, 0.25) is 0 Å². The van der Waals surface area contributed by atoms with Crippen molar-refractivity contribution in [1.29, 1.82) is 0 Å². The van der Waals surface area contributed by atoms with E-state index < -0.39 is 5.97 Å². The molecule has 2 unspecified atom stereocenters. The Morgan fingerprint density at radius 2 is 1.65 bits per heavy atom. The second-order valence-corrected chi connectivity index (χ2v) is 9.03. The number of hydrogen-bond acceptors (Lipinski definition) is 3. The normalized spacial score (nSPS) is 17.4. The Labute approximate surface area is 200 Å². The first-order valence-electron chi connectivity index (χ1n) is 11.9. The predicted molar refractivity (Wildman–Crippen MR) is 135 cm³/mol. The van der Waals surface area contributed by atoms with Gasteiger partial charge in [-0.15, -0.1) is 0 Å². The van der Waals surface area contributed by atoms with E-state index in [1.54, 1.807) is 0 Å². The van der Waals surface area contributed by atoms with E-state index in [4.69, 9.17) is 4.74 Å². The molecule has 34 heavy (non-hydrogen) atoms. The summed E-state index contributed by atoms with van der Waals surface area (Å²) >= 11 is 0. The molecule has 0 amide bonds. The third-order valence-corrected chi connectivity index (χ3v) is 6.68. The fourth-order valence-electron chi connectivity index (χ4n) is 4.95. The number of piperidine rings is 1. The van der Waals surface area contributed by atoms with Crippen LogP contribution >= 0.6 is 0 Å². The van der Waals surface area contributed by atoms with Crippen LogP contribution in [-0.2, 0) is 11.4 Å². The summed E-state index contributed by atoms with van der Waals surface area (Å²) in [5, 5.41) is 12.1. The first kappa shape index (κ1) is 22.2. The molecule has 1 fully saturated rings. The highest BCUT2D eigenvalue weighted by Gasteiger charge is 2.31. The summed E-state index contributed by atoms with van der Waals surface area (Å²) < 4.78 is 6.12. The van der Waals surface area contributed by atoms with Crippen LogP contribution in [0.15, 0.2) is 97.1 Å². The lowest BCUT2D eigenvalue weighted by atomic mass is 9.90. The number of nitrogens with zero attached hydrogens (tertiary/aromatic N) is 1. The molecule has 1 aliphatic heterocycles. The lowest BCUT2D eigenvalue weighted by Gasteiger charge is -2.37. The molecule has 4 heteroatoms. The van der Waals surface area contributed by atoms with Crippen LogP contribution in [0.3, 0.4) is 0 Å². The molecule has 1 N–H and O–H groups in total. The van der Waals surface area contributed by atoms with Crippen LogP contribution in [0.1, 0.15) is 35.6 Å². The van der Waals surface area contributed by atoms with Gasteiger partial charge < -0.3 is 9.84 Å². The monoisotopic (exact) mass is 451 g/mol. The van der Waals surface area contributed by atoms with E-state index in [1.807, 2.05) is 30.3 Å². The van der Waals surface area contributed by atoms with Gasteiger partial charge in [-0.1, -0.05) is 78.9 Å². The SMILES string of the molecule is O=C(O)C1CCCN(C(c2cccc(OCc3ccccc3)c2)c2ccc3ccccc3c2)C1. The number of fused-ring (bicyclic) bond motifs is 1. The summed E-state index contributed by atoms with van der Waals surface area (Å²) in [6.45, 7) is 1.92. The minimum atomic E-state index is -0.707. The Morgan fingerprint density at radius 1 is 0.882 bits per heavy atom. The highest BCUT2D eigenvalue weighted by molar-refractivity contribution is 5.83. The van der Waals surface area contributed by atoms with Crippen molar-refractivity contribution in [2.45, 2.75) is 25.5 Å². The molecule has 0 radical (unpaired) electrons. The molecule has 0 aliphatic carbocycles. The van der Waals surface area contributed by atoms with Gasteiger partial charge in [0.1, 0.15) is 12.4 Å². The molecule has 1 saturated heterocycles. The maximum Gasteiger partial charge on any atom is 0.307 e. The third-order valence-electron chi connectivity index (χ3n) is 6.68. The Balaban J connectivity index is 1.49. The molecule has 4 aromatic rings. The van der Waals surface area contributed by atoms with Crippen molar-refractivity contribution in [2.75, 3.05) is 13.1 Å². The van der Waals surface area contributed by atoms with E-state index in [9.17, 15) is 9.90 Å². The van der Waals surface area contributed by atoms with Gasteiger partial charge >= 0.3 is 5.97 Å². The number of carbonyl (C=O) groups is 1. The van der Waals surface area contributed by atoms with Crippen LogP contribution in [0.2, 0.25) is 0 Å². The second-order valence-electron chi connectivity index (χ2n) is 9.03. The summed E-state index contributed by atoms with van der Waals surface area (Å²) in [6, 6.07) is 33.3. The van der Waals surface area contributed by atoms with Crippen molar-refractivity contribution in [3.63, 3.8) is 0 Å². The smallest absolute Gasteiger partial charge is 0.307 e. The highest BCUT2D eigenvalue weighted by Crippen LogP contribution is 2.35. The summed E-state index contributed by atoms with van der Waals surface area (Å²) in [7, 11) is 0. The molecule has 1 heterocycles. The zero-order chi connectivity index (χ0) is 23.3. The number of likely N-dealkylation sites (tertiary alicyclic amines) is 1. The van der Waals surface area contributed by atoms with Gasteiger partial charge in [0.05, 0.1) is 12.0 Å². The van der Waals surface area contributed by atoms with Gasteiger partial charge in [0.25, 0.3) is 0 Å². The average Bonchev–Trinajstić information content (AvgIpc) is 2.89. The first-order chi connectivity index (χ1) is 16.7. The van der Waals surface area contributed by atoms with Gasteiger partial charge in [0, 0.05) is 6.54 Å². The van der Waals surface area contributed by atoms with Crippen LogP contribution in [0.25, 0.3) is 10.8 Å². The Bertz CT molecular complexity index is 1270. The van der Waals surface area contributed by atoms with Crippen molar-refractivity contribution in [1.82, 2.24) is 4.90 Å². The molecule has 1 aliphatic rings. The van der Waals surface area contributed by atoms with Crippen LogP contribution in [-0.4, -0.2) is 29.1 Å². The van der Waals surface area contributed by atoms with Gasteiger partial charge in [-0.05, 0) is 65.0 Å². The van der Waals surface area contributed by atoms with Crippen molar-refractivity contribution in [3.05, 3.63) is 114 Å². The van der Waals surface area contributed by atoms with E-state index >= 15 is 0 Å². The van der Waals surface area contributed by atoms with Crippen molar-refractivity contribution >= 4 is 16.7 Å². The lowest BCUT2D eigenvalue weighted by molar-refractivity contribution is -0.143. The molecule has 0 saturated carbocycles. The van der Waals surface area contributed by atoms with Gasteiger partial charge in [-0.2, -0.15) is 0 Å². The number of carboxylic acids is 1. The summed E-state index contributed by atoms with van der Waals surface area (Å²) in [4.78, 5) is 14.1. The number of aliphatic carboxylic acids is 1. The number of carboxylic acid groups (broad SMARTS) is 1. The number of rotatable bonds is 7. The average molecular weight is 452 g/mol. The molecule has 4 aromatic carbocycles. The van der Waals surface area contributed by atoms with Crippen molar-refractivity contribution in [2.24, 2.45) is 5.92 Å². The zero-order valence-corrected chi connectivity index (χ0v) is 19.1. The minimum Gasteiger partial charge on any atom is -0.489 e. The molecule has 4 nitrogen and oxygen atoms in total. The number of benzene rings is 4. The van der Waals surface area contributed by atoms with Gasteiger partial charge in [0.15, 0.2) is 0 Å². The minimum absolute atomic E-state index is 0.0352. The topological polar surface area (TPSA) is 49.8 Å². The van der Waals surface area contributed by atoms with Crippen molar-refractivity contribution < 1.29 is 14.6 Å². The van der Waals surface area contributed by atoms with E-state index in [-0.39, 0.29) is 12.0 Å². The van der Waals surface area contributed by atoms with Crippen LogP contribution in [0.4, 0.5) is 0 Å². The summed E-state index contributed by atoms with van der Waals surface area (Å²) in [6.07, 6.45) is 1.61. The van der Waals surface area contributed by atoms with E-state index in [2.05, 4.69) is 71.6 Å². The van der Waals surface area contributed by atoms with Crippen LogP contribution < -0.4 is 4.74 Å². The predicted octanol–water partition coefficient (Wildman–Crippen LogP) is 6.30. The van der Waals surface area contributed by atoms with Crippen molar-refractivity contribution in [3.8, 4) is 5.75 Å². The fourth-order valence-corrected chi connectivity index (χ4v) is 4.95. The van der Waals surface area contributed by atoms with Crippen LogP contribution in [0, 0.1) is 5.92 Å². The molecule has 172 valence electrons. The maximum atomic E-state index is 11.8. The second kappa shape index (κ2) is 10.1. The Morgan fingerprint density at radius 3 is 2.47 bits per heavy atom. The zero-order valence-electron chi connectivity index (χ0n) is 19.1. The number of hydrogen-bond donors (Lipinski definition) is 1. The lowest BCUT2D eigenvalue weighted by Crippen LogP contribution is -2.41. The van der Waals surface area contributed by atoms with E-state index in [0.29, 0.717) is 13.2 Å². The quantitative estimate of drug-likeness (QED) is 0.358. The molecule has 2 atom stereocenters.